The molecule has 6 nitrogen and oxygen atoms in total. The van der Waals surface area contributed by atoms with Crippen LogP contribution in [0.4, 0.5) is 8.78 Å². The van der Waals surface area contributed by atoms with Crippen molar-refractivity contribution >= 4 is 34.8 Å². The minimum absolute atomic E-state index is 0. The topological polar surface area (TPSA) is 70.7 Å². The predicted molar refractivity (Wildman–Crippen MR) is 96.7 cm³/mol. The highest BCUT2D eigenvalue weighted by Gasteiger charge is 2.20. The summed E-state index contributed by atoms with van der Waals surface area (Å²) in [5.41, 5.74) is 0. The Morgan fingerprint density at radius 2 is 1.84 bits per heavy atom. The maximum Gasteiger partial charge on any atom is 0.387 e. The van der Waals surface area contributed by atoms with Crippen molar-refractivity contribution in [2.75, 3.05) is 39.3 Å². The number of hydrogen-bond acceptors (Lipinski definition) is 5. The summed E-state index contributed by atoms with van der Waals surface area (Å²) in [5.74, 6) is -0.350. The molecule has 0 aliphatic carbocycles. The molecule has 1 aromatic rings. The molecule has 0 bridgehead atoms. The van der Waals surface area contributed by atoms with Crippen molar-refractivity contribution < 1.29 is 21.9 Å². The average molecular weight is 422 g/mol. The van der Waals surface area contributed by atoms with Gasteiger partial charge in [0.15, 0.2) is 0 Å². The van der Waals surface area contributed by atoms with Crippen LogP contribution in [0.5, 0.6) is 5.75 Å². The third kappa shape index (κ3) is 8.02. The van der Waals surface area contributed by atoms with Crippen LogP contribution in [-0.2, 0) is 10.0 Å². The molecule has 1 aromatic carbocycles. The fourth-order valence-electron chi connectivity index (χ4n) is 2.39. The first-order valence-corrected chi connectivity index (χ1v) is 8.94. The minimum Gasteiger partial charge on any atom is -0.433 e. The molecule has 1 fully saturated rings. The number of halogens is 4. The van der Waals surface area contributed by atoms with Crippen molar-refractivity contribution in [3.63, 3.8) is 0 Å². The van der Waals surface area contributed by atoms with Gasteiger partial charge in [-0.05, 0) is 25.1 Å². The lowest BCUT2D eigenvalue weighted by atomic mass is 10.3. The monoisotopic (exact) mass is 421 g/mol. The van der Waals surface area contributed by atoms with E-state index in [0.717, 1.165) is 32.7 Å². The number of benzene rings is 1. The Labute approximate surface area is 159 Å². The van der Waals surface area contributed by atoms with Gasteiger partial charge < -0.3 is 15.0 Å². The van der Waals surface area contributed by atoms with Crippen LogP contribution < -0.4 is 14.8 Å². The van der Waals surface area contributed by atoms with Crippen molar-refractivity contribution in [1.82, 2.24) is 14.9 Å². The summed E-state index contributed by atoms with van der Waals surface area (Å²) < 4.78 is 55.9. The highest BCUT2D eigenvalue weighted by atomic mass is 35.5. The van der Waals surface area contributed by atoms with E-state index in [1.165, 1.54) is 24.3 Å². The molecule has 25 heavy (non-hydrogen) atoms. The van der Waals surface area contributed by atoms with Crippen molar-refractivity contribution in [3.8, 4) is 5.75 Å². The second-order valence-corrected chi connectivity index (χ2v) is 6.90. The maximum absolute atomic E-state index is 12.4. The zero-order valence-electron chi connectivity index (χ0n) is 13.5. The Morgan fingerprint density at radius 1 is 1.20 bits per heavy atom. The van der Waals surface area contributed by atoms with Crippen LogP contribution in [0.15, 0.2) is 29.2 Å². The molecule has 0 unspecified atom stereocenters. The van der Waals surface area contributed by atoms with E-state index < -0.39 is 16.6 Å². The molecule has 1 heterocycles. The van der Waals surface area contributed by atoms with Crippen molar-refractivity contribution in [2.45, 2.75) is 17.9 Å². The number of alkyl halides is 2. The summed E-state index contributed by atoms with van der Waals surface area (Å²) in [7, 11) is -3.88. The minimum atomic E-state index is -3.88. The van der Waals surface area contributed by atoms with Gasteiger partial charge in [-0.1, -0.05) is 12.1 Å². The summed E-state index contributed by atoms with van der Waals surface area (Å²) in [5, 5.41) is 3.24. The van der Waals surface area contributed by atoms with Gasteiger partial charge in [0.1, 0.15) is 10.6 Å². The number of rotatable bonds is 8. The summed E-state index contributed by atoms with van der Waals surface area (Å²) >= 11 is 0. The van der Waals surface area contributed by atoms with Crippen LogP contribution in [0, 0.1) is 0 Å². The molecule has 0 aromatic heterocycles. The lowest BCUT2D eigenvalue weighted by Gasteiger charge is -2.27. The lowest BCUT2D eigenvalue weighted by molar-refractivity contribution is -0.0517. The molecule has 1 aliphatic rings. The molecule has 0 spiro atoms. The van der Waals surface area contributed by atoms with Gasteiger partial charge in [-0.15, -0.1) is 24.8 Å². The fourth-order valence-corrected chi connectivity index (χ4v) is 3.59. The third-order valence-electron chi connectivity index (χ3n) is 3.51. The first-order chi connectivity index (χ1) is 11.0. The Balaban J connectivity index is 0.00000288. The number of ether oxygens (including phenoxy) is 1. The molecule has 1 saturated heterocycles. The second kappa shape index (κ2) is 11.8. The predicted octanol–water partition coefficient (Wildman–Crippen LogP) is 1.71. The fraction of sp³-hybridized carbons (Fsp3) is 0.571. The quantitative estimate of drug-likeness (QED) is 0.625. The Kier molecular flexibility index (Phi) is 11.5. The Morgan fingerprint density at radius 3 is 2.48 bits per heavy atom. The maximum atomic E-state index is 12.4. The average Bonchev–Trinajstić information content (AvgIpc) is 2.52. The molecular formula is C14H23Cl2F2N3O3S. The van der Waals surface area contributed by atoms with E-state index in [1.807, 2.05) is 0 Å². The van der Waals surface area contributed by atoms with Crippen LogP contribution in [0.2, 0.25) is 0 Å². The molecule has 146 valence electrons. The zero-order chi connectivity index (χ0) is 16.7. The smallest absolute Gasteiger partial charge is 0.387 e. The van der Waals surface area contributed by atoms with Crippen LogP contribution in [-0.4, -0.2) is 59.2 Å². The largest absolute Gasteiger partial charge is 0.433 e. The van der Waals surface area contributed by atoms with Crippen LogP contribution in [0.3, 0.4) is 0 Å². The summed E-state index contributed by atoms with van der Waals surface area (Å²) in [4.78, 5) is 1.97. The summed E-state index contributed by atoms with van der Waals surface area (Å²) in [6, 6.07) is 5.37. The molecule has 11 heteroatoms. The van der Waals surface area contributed by atoms with Crippen LogP contribution in [0.25, 0.3) is 0 Å². The van der Waals surface area contributed by atoms with Gasteiger partial charge in [-0.25, -0.2) is 13.1 Å². The summed E-state index contributed by atoms with van der Waals surface area (Å²) in [6.45, 7) is 1.72. The number of para-hydroxylation sites is 1. The second-order valence-electron chi connectivity index (χ2n) is 5.17. The van der Waals surface area contributed by atoms with E-state index in [-0.39, 0.29) is 42.0 Å². The molecule has 0 radical (unpaired) electrons. The van der Waals surface area contributed by atoms with E-state index in [1.54, 1.807) is 0 Å². The zero-order valence-corrected chi connectivity index (χ0v) is 15.9. The highest BCUT2D eigenvalue weighted by Crippen LogP contribution is 2.24. The first kappa shape index (κ1) is 24.3. The number of nitrogens with zero attached hydrogens (tertiary/aromatic N) is 1. The van der Waals surface area contributed by atoms with Crippen LogP contribution >= 0.6 is 24.8 Å². The molecule has 0 atom stereocenters. The number of nitrogens with one attached hydrogen (secondary N) is 2. The van der Waals surface area contributed by atoms with Crippen LogP contribution in [0.1, 0.15) is 6.42 Å². The molecule has 2 rings (SSSR count). The van der Waals surface area contributed by atoms with Crippen molar-refractivity contribution in [1.29, 1.82) is 0 Å². The first-order valence-electron chi connectivity index (χ1n) is 7.45. The summed E-state index contributed by atoms with van der Waals surface area (Å²) in [6.07, 6.45) is 0.650. The lowest BCUT2D eigenvalue weighted by Crippen LogP contribution is -2.44. The van der Waals surface area contributed by atoms with E-state index in [0.29, 0.717) is 6.42 Å². The van der Waals surface area contributed by atoms with Gasteiger partial charge in [0.25, 0.3) is 0 Å². The molecule has 1 aliphatic heterocycles. The molecule has 0 saturated carbocycles. The number of sulfonamides is 1. The normalized spacial score (nSPS) is 15.3. The Bertz CT molecular complexity index is 603. The van der Waals surface area contributed by atoms with Crippen molar-refractivity contribution in [3.05, 3.63) is 24.3 Å². The third-order valence-corrected chi connectivity index (χ3v) is 5.01. The standard InChI is InChI=1S/C14H21F2N3O3S.2ClH/c15-14(16)22-12-4-1-2-5-13(12)23(20,21)18-6-3-9-19-10-7-17-8-11-19;;/h1-2,4-5,14,17-18H,3,6-11H2;2*1H. The van der Waals surface area contributed by atoms with Gasteiger partial charge in [0.2, 0.25) is 10.0 Å². The highest BCUT2D eigenvalue weighted by molar-refractivity contribution is 7.89. The van der Waals surface area contributed by atoms with Crippen molar-refractivity contribution in [2.24, 2.45) is 0 Å². The number of piperazine rings is 1. The van der Waals surface area contributed by atoms with Gasteiger partial charge in [0.05, 0.1) is 0 Å². The molecular weight excluding hydrogens is 399 g/mol. The Hall–Kier alpha value is -0.710. The van der Waals surface area contributed by atoms with E-state index in [4.69, 9.17) is 0 Å². The van der Waals surface area contributed by atoms with E-state index >= 15 is 0 Å². The van der Waals surface area contributed by atoms with Gasteiger partial charge in [-0.3, -0.25) is 0 Å². The molecule has 2 N–H and O–H groups in total. The molecule has 0 amide bonds. The van der Waals surface area contributed by atoms with E-state index in [9.17, 15) is 17.2 Å². The van der Waals surface area contributed by atoms with Gasteiger partial charge in [-0.2, -0.15) is 8.78 Å². The van der Waals surface area contributed by atoms with Gasteiger partial charge >= 0.3 is 6.61 Å². The van der Waals surface area contributed by atoms with E-state index in [2.05, 4.69) is 19.7 Å². The number of hydrogen-bond donors (Lipinski definition) is 2. The SMILES string of the molecule is Cl.Cl.O=S(=O)(NCCCN1CCNCC1)c1ccccc1OC(F)F. The van der Waals surface area contributed by atoms with Gasteiger partial charge in [0, 0.05) is 32.7 Å².